The van der Waals surface area contributed by atoms with E-state index < -0.39 is 5.97 Å². The van der Waals surface area contributed by atoms with E-state index in [1.807, 2.05) is 0 Å². The molecule has 0 spiro atoms. The van der Waals surface area contributed by atoms with Crippen LogP contribution in [-0.2, 0) is 0 Å². The van der Waals surface area contributed by atoms with Crippen molar-refractivity contribution in [3.05, 3.63) is 35.4 Å². The second-order valence-electron chi connectivity index (χ2n) is 5.87. The number of pyridine rings is 1. The largest absolute Gasteiger partial charge is 0.491 e. The van der Waals surface area contributed by atoms with Crippen molar-refractivity contribution in [1.82, 2.24) is 15.0 Å². The van der Waals surface area contributed by atoms with Gasteiger partial charge in [0.1, 0.15) is 15.6 Å². The van der Waals surface area contributed by atoms with Crippen LogP contribution >= 0.6 is 11.3 Å². The average molecular weight is 359 g/mol. The molecule has 0 aliphatic carbocycles. The van der Waals surface area contributed by atoms with E-state index in [1.54, 1.807) is 25.4 Å². The maximum absolute atomic E-state index is 11.2. The number of carboxylic acid groups (broad SMARTS) is 1. The van der Waals surface area contributed by atoms with Crippen molar-refractivity contribution >= 4 is 17.3 Å². The number of carbonyl (C=O) groups is 1. The third-order valence-electron chi connectivity index (χ3n) is 3.35. The Morgan fingerprint density at radius 2 is 2.20 bits per heavy atom. The van der Waals surface area contributed by atoms with Crippen LogP contribution in [0.5, 0.6) is 5.75 Å². The molecule has 3 heterocycles. The van der Waals surface area contributed by atoms with Gasteiger partial charge in [-0.2, -0.15) is 0 Å². The highest BCUT2D eigenvalue weighted by molar-refractivity contribution is 7.17. The molecule has 0 unspecified atom stereocenters. The van der Waals surface area contributed by atoms with E-state index >= 15 is 0 Å². The minimum Gasteiger partial charge on any atom is -0.491 e. The van der Waals surface area contributed by atoms with Crippen molar-refractivity contribution in [2.24, 2.45) is 5.92 Å². The van der Waals surface area contributed by atoms with E-state index in [-0.39, 0.29) is 4.88 Å². The van der Waals surface area contributed by atoms with Crippen LogP contribution in [0.3, 0.4) is 0 Å². The number of hydrogen-bond acceptors (Lipinski definition) is 7. The molecule has 3 aromatic rings. The molecule has 0 aromatic carbocycles. The van der Waals surface area contributed by atoms with Crippen LogP contribution in [0.15, 0.2) is 29.3 Å². The lowest BCUT2D eigenvalue weighted by Crippen LogP contribution is -2.05. The Labute approximate surface area is 148 Å². The summed E-state index contributed by atoms with van der Waals surface area (Å²) in [4.78, 5) is 24.1. The summed E-state index contributed by atoms with van der Waals surface area (Å²) < 4.78 is 11.2. The minimum absolute atomic E-state index is 0.207. The first-order chi connectivity index (χ1) is 12.0. The highest BCUT2D eigenvalue weighted by Crippen LogP contribution is 2.35. The predicted molar refractivity (Wildman–Crippen MR) is 92.9 cm³/mol. The van der Waals surface area contributed by atoms with Gasteiger partial charge in [-0.3, -0.25) is 0 Å². The Hall–Kier alpha value is -2.74. The third kappa shape index (κ3) is 3.69. The Kier molecular flexibility index (Phi) is 4.80. The molecule has 25 heavy (non-hydrogen) atoms. The lowest BCUT2D eigenvalue weighted by Gasteiger charge is -2.12. The highest BCUT2D eigenvalue weighted by Gasteiger charge is 2.19. The van der Waals surface area contributed by atoms with E-state index in [4.69, 9.17) is 9.15 Å². The Balaban J connectivity index is 2.03. The molecule has 0 atom stereocenters. The summed E-state index contributed by atoms with van der Waals surface area (Å²) in [5.41, 5.74) is 1.73. The lowest BCUT2D eigenvalue weighted by atomic mass is 10.1. The molecule has 0 bridgehead atoms. The molecule has 0 aliphatic heterocycles. The van der Waals surface area contributed by atoms with E-state index in [1.165, 1.54) is 6.39 Å². The molecule has 0 radical (unpaired) electrons. The highest BCUT2D eigenvalue weighted by atomic mass is 32.1. The molecule has 7 nitrogen and oxygen atoms in total. The summed E-state index contributed by atoms with van der Waals surface area (Å²) in [6.45, 7) is 6.33. The van der Waals surface area contributed by atoms with Crippen LogP contribution in [0.1, 0.15) is 29.2 Å². The molecule has 1 N–H and O–H groups in total. The number of nitrogens with zero attached hydrogens (tertiary/aromatic N) is 3. The summed E-state index contributed by atoms with van der Waals surface area (Å²) in [6, 6.07) is 1.78. The molecule has 0 saturated carbocycles. The molecule has 3 aromatic heterocycles. The number of ether oxygens (including phenoxy) is 1. The summed E-state index contributed by atoms with van der Waals surface area (Å²) >= 11 is 1.09. The zero-order valence-corrected chi connectivity index (χ0v) is 14.8. The topological polar surface area (TPSA) is 98.3 Å². The summed E-state index contributed by atoms with van der Waals surface area (Å²) in [7, 11) is 0. The average Bonchev–Trinajstić information content (AvgIpc) is 3.22. The van der Waals surface area contributed by atoms with E-state index in [2.05, 4.69) is 28.8 Å². The van der Waals surface area contributed by atoms with E-state index in [9.17, 15) is 9.90 Å². The van der Waals surface area contributed by atoms with E-state index in [0.717, 1.165) is 11.3 Å². The number of thiazole rings is 1. The van der Waals surface area contributed by atoms with Crippen molar-refractivity contribution in [3.8, 4) is 27.8 Å². The smallest absolute Gasteiger partial charge is 0.347 e. The molecule has 0 saturated heterocycles. The van der Waals surface area contributed by atoms with Gasteiger partial charge in [0.25, 0.3) is 0 Å². The van der Waals surface area contributed by atoms with Gasteiger partial charge in [0.05, 0.1) is 36.0 Å². The van der Waals surface area contributed by atoms with Crippen LogP contribution in [-0.4, -0.2) is 32.6 Å². The molecular formula is C17H17N3O4S. The number of aryl methyl sites for hydroxylation is 1. The Bertz CT molecular complexity index is 887. The molecule has 0 aliphatic rings. The monoisotopic (exact) mass is 359 g/mol. The summed E-state index contributed by atoms with van der Waals surface area (Å²) in [5.74, 6) is 0.505. The van der Waals surface area contributed by atoms with E-state index in [0.29, 0.717) is 46.0 Å². The van der Waals surface area contributed by atoms with Crippen molar-refractivity contribution in [3.63, 3.8) is 0 Å². The fraction of sp³-hybridized carbons (Fsp3) is 0.294. The number of hydrogen-bond donors (Lipinski definition) is 1. The molecule has 0 fully saturated rings. The lowest BCUT2D eigenvalue weighted by molar-refractivity contribution is 0.0701. The Morgan fingerprint density at radius 3 is 2.80 bits per heavy atom. The summed E-state index contributed by atoms with van der Waals surface area (Å²) in [6.07, 6.45) is 4.54. The van der Waals surface area contributed by atoms with Crippen LogP contribution in [0.4, 0.5) is 0 Å². The van der Waals surface area contributed by atoms with Gasteiger partial charge in [-0.15, -0.1) is 11.3 Å². The minimum atomic E-state index is -0.992. The predicted octanol–water partition coefficient (Wildman–Crippen LogP) is 3.90. The van der Waals surface area contributed by atoms with Gasteiger partial charge in [-0.1, -0.05) is 13.8 Å². The van der Waals surface area contributed by atoms with Crippen LogP contribution < -0.4 is 4.74 Å². The van der Waals surface area contributed by atoms with Crippen molar-refractivity contribution in [1.29, 1.82) is 0 Å². The summed E-state index contributed by atoms with van der Waals surface area (Å²) in [5, 5.41) is 9.74. The normalized spacial score (nSPS) is 11.0. The maximum atomic E-state index is 11.2. The van der Waals surface area contributed by atoms with Crippen molar-refractivity contribution in [2.45, 2.75) is 20.8 Å². The molecule has 8 heteroatoms. The molecule has 3 rings (SSSR count). The molecular weight excluding hydrogens is 342 g/mol. The SMILES string of the molecule is Cc1nc(-c2cc(-c3cnco3)c(OCC(C)C)cn2)sc1C(=O)O. The number of aromatic nitrogens is 3. The number of carboxylic acids is 1. The number of rotatable bonds is 6. The zero-order chi connectivity index (χ0) is 18.0. The van der Waals surface area contributed by atoms with Crippen molar-refractivity contribution in [2.75, 3.05) is 6.61 Å². The maximum Gasteiger partial charge on any atom is 0.347 e. The van der Waals surface area contributed by atoms with Gasteiger partial charge in [0, 0.05) is 0 Å². The first kappa shape index (κ1) is 17.1. The van der Waals surface area contributed by atoms with Gasteiger partial charge < -0.3 is 14.3 Å². The van der Waals surface area contributed by atoms with Crippen LogP contribution in [0.2, 0.25) is 0 Å². The fourth-order valence-corrected chi connectivity index (χ4v) is 3.05. The standard InChI is InChI=1S/C17H17N3O4S/c1-9(2)7-23-14-6-19-12(4-11(14)13-5-18-8-24-13)16-20-10(3)15(25-16)17(21)22/h4-6,8-9H,7H2,1-3H3,(H,21,22). The van der Waals surface area contributed by atoms with Gasteiger partial charge in [-0.05, 0) is 18.9 Å². The second-order valence-corrected chi connectivity index (χ2v) is 6.87. The second kappa shape index (κ2) is 7.02. The zero-order valence-electron chi connectivity index (χ0n) is 14.0. The van der Waals surface area contributed by atoms with Gasteiger partial charge in [0.15, 0.2) is 12.2 Å². The van der Waals surface area contributed by atoms with Crippen molar-refractivity contribution < 1.29 is 19.1 Å². The third-order valence-corrected chi connectivity index (χ3v) is 4.52. The molecule has 130 valence electrons. The van der Waals surface area contributed by atoms with Gasteiger partial charge in [-0.25, -0.2) is 19.7 Å². The fourth-order valence-electron chi connectivity index (χ4n) is 2.18. The Morgan fingerprint density at radius 1 is 1.40 bits per heavy atom. The quantitative estimate of drug-likeness (QED) is 0.712. The number of aromatic carboxylic acids is 1. The first-order valence-electron chi connectivity index (χ1n) is 7.68. The van der Waals surface area contributed by atoms with Gasteiger partial charge >= 0.3 is 5.97 Å². The van der Waals surface area contributed by atoms with Crippen LogP contribution in [0.25, 0.3) is 22.0 Å². The first-order valence-corrected chi connectivity index (χ1v) is 8.50. The number of oxazole rings is 1. The molecule has 0 amide bonds. The van der Waals surface area contributed by atoms with Crippen LogP contribution in [0, 0.1) is 12.8 Å². The van der Waals surface area contributed by atoms with Gasteiger partial charge in [0.2, 0.25) is 0 Å².